The van der Waals surface area contributed by atoms with Gasteiger partial charge in [0.1, 0.15) is 11.7 Å². The van der Waals surface area contributed by atoms with Gasteiger partial charge in [0.05, 0.1) is 5.41 Å². The average molecular weight is 342 g/mol. The Balaban J connectivity index is 1.70. The number of nitrogens with two attached hydrogens (primary N) is 1. The molecule has 1 aromatic heterocycles. The van der Waals surface area contributed by atoms with Crippen molar-refractivity contribution >= 4 is 17.6 Å². The van der Waals surface area contributed by atoms with Crippen LogP contribution in [0.2, 0.25) is 0 Å². The Hall–Kier alpha value is -3.09. The van der Waals surface area contributed by atoms with Crippen LogP contribution < -0.4 is 11.1 Å². The monoisotopic (exact) mass is 342 g/mol. The maximum absolute atomic E-state index is 14.0. The topological polar surface area (TPSA) is 80.4 Å². The first-order valence-electron chi connectivity index (χ1n) is 7.70. The molecule has 25 heavy (non-hydrogen) atoms. The molecule has 0 aliphatic heterocycles. The summed E-state index contributed by atoms with van der Waals surface area (Å²) in [7, 11) is 0. The van der Waals surface area contributed by atoms with Crippen LogP contribution in [0.1, 0.15) is 18.4 Å². The Bertz CT molecular complexity index is 860. The third-order valence-electron chi connectivity index (χ3n) is 4.01. The zero-order chi connectivity index (χ0) is 17.9. The van der Waals surface area contributed by atoms with E-state index in [1.807, 2.05) is 0 Å². The van der Waals surface area contributed by atoms with Gasteiger partial charge in [0.2, 0.25) is 0 Å². The average Bonchev–Trinajstić information content (AvgIpc) is 3.39. The van der Waals surface area contributed by atoms with Gasteiger partial charge >= 0.3 is 0 Å². The third-order valence-corrected chi connectivity index (χ3v) is 4.01. The van der Waals surface area contributed by atoms with E-state index < -0.39 is 23.0 Å². The van der Waals surface area contributed by atoms with Crippen molar-refractivity contribution in [2.45, 2.75) is 18.3 Å². The number of hydrogen-bond donors (Lipinski definition) is 2. The van der Waals surface area contributed by atoms with Crippen LogP contribution >= 0.6 is 0 Å². The van der Waals surface area contributed by atoms with Gasteiger partial charge < -0.3 is 11.1 Å². The standard InChI is InChI=1S/C18H16F2N4O/c19-13-5-2-1-4-12(13)18(8-9-18)17(25)24-15(21)7-11-23-16-14(20)6-3-10-22-16/h1-7,10-11H,8-9H2,(H,22,23)(H2,21,24,25)/b11-7-. The van der Waals surface area contributed by atoms with E-state index in [1.165, 1.54) is 36.7 Å². The van der Waals surface area contributed by atoms with Gasteiger partial charge in [-0.3, -0.25) is 4.79 Å². The van der Waals surface area contributed by atoms with Crippen LogP contribution in [-0.4, -0.2) is 16.7 Å². The quantitative estimate of drug-likeness (QED) is 0.647. The van der Waals surface area contributed by atoms with Crippen LogP contribution in [0, 0.1) is 11.6 Å². The lowest BCUT2D eigenvalue weighted by Crippen LogP contribution is -2.23. The Labute approximate surface area is 143 Å². The molecule has 0 atom stereocenters. The van der Waals surface area contributed by atoms with Crippen LogP contribution in [0.15, 0.2) is 59.9 Å². The maximum atomic E-state index is 14.0. The zero-order valence-corrected chi connectivity index (χ0v) is 13.2. The van der Waals surface area contributed by atoms with E-state index in [9.17, 15) is 13.6 Å². The SMILES string of the molecule is NC(/C=C\Nc1ncccc1F)=NC(=O)C1(c2ccccc2F)CC1. The second kappa shape index (κ2) is 6.80. The van der Waals surface area contributed by atoms with E-state index >= 15 is 0 Å². The van der Waals surface area contributed by atoms with Crippen LogP contribution in [-0.2, 0) is 10.2 Å². The number of pyridine rings is 1. The molecule has 7 heteroatoms. The lowest BCUT2D eigenvalue weighted by atomic mass is 9.94. The molecule has 1 fully saturated rings. The van der Waals surface area contributed by atoms with Crippen molar-refractivity contribution in [3.05, 3.63) is 72.1 Å². The molecule has 1 aromatic carbocycles. The molecule has 0 bridgehead atoms. The van der Waals surface area contributed by atoms with Gasteiger partial charge in [-0.05, 0) is 37.1 Å². The minimum absolute atomic E-state index is 0.0305. The van der Waals surface area contributed by atoms with E-state index in [0.29, 0.717) is 18.4 Å². The molecule has 1 heterocycles. The second-order valence-corrected chi connectivity index (χ2v) is 5.72. The molecule has 3 rings (SSSR count). The Kier molecular flexibility index (Phi) is 4.56. The Morgan fingerprint density at radius 2 is 1.92 bits per heavy atom. The van der Waals surface area contributed by atoms with Crippen molar-refractivity contribution in [1.29, 1.82) is 0 Å². The van der Waals surface area contributed by atoms with Gasteiger partial charge in [0.15, 0.2) is 11.6 Å². The number of nitrogens with zero attached hydrogens (tertiary/aromatic N) is 2. The van der Waals surface area contributed by atoms with Gasteiger partial charge in [-0.1, -0.05) is 18.2 Å². The number of amides is 1. The highest BCUT2D eigenvalue weighted by Gasteiger charge is 2.52. The summed E-state index contributed by atoms with van der Waals surface area (Å²) in [6.07, 6.45) is 5.16. The van der Waals surface area contributed by atoms with Crippen molar-refractivity contribution < 1.29 is 13.6 Å². The fourth-order valence-corrected chi connectivity index (χ4v) is 2.53. The number of halogens is 2. The van der Waals surface area contributed by atoms with Crippen LogP contribution in [0.4, 0.5) is 14.6 Å². The molecule has 5 nitrogen and oxygen atoms in total. The molecular formula is C18H16F2N4O. The zero-order valence-electron chi connectivity index (χ0n) is 13.2. The number of rotatable bonds is 5. The van der Waals surface area contributed by atoms with E-state index in [4.69, 9.17) is 5.73 Å². The maximum Gasteiger partial charge on any atom is 0.258 e. The van der Waals surface area contributed by atoms with E-state index in [2.05, 4.69) is 15.3 Å². The molecule has 2 aromatic rings. The van der Waals surface area contributed by atoms with Crippen molar-refractivity contribution in [3.63, 3.8) is 0 Å². The molecule has 0 radical (unpaired) electrons. The number of aliphatic imine (C=N–C) groups is 1. The minimum Gasteiger partial charge on any atom is -0.384 e. The molecule has 0 spiro atoms. The van der Waals surface area contributed by atoms with Crippen LogP contribution in [0.3, 0.4) is 0 Å². The van der Waals surface area contributed by atoms with E-state index in [1.54, 1.807) is 18.2 Å². The minimum atomic E-state index is -0.926. The van der Waals surface area contributed by atoms with Gasteiger partial charge in [-0.15, -0.1) is 0 Å². The van der Waals surface area contributed by atoms with E-state index in [0.717, 1.165) is 0 Å². The van der Waals surface area contributed by atoms with E-state index in [-0.39, 0.29) is 11.7 Å². The summed E-state index contributed by atoms with van der Waals surface area (Å²) in [5.41, 5.74) is 5.13. The molecular weight excluding hydrogens is 326 g/mol. The number of carbonyl (C=O) groups excluding carboxylic acids is 1. The summed E-state index contributed by atoms with van der Waals surface area (Å²) in [5, 5.41) is 2.61. The number of carbonyl (C=O) groups is 1. The fourth-order valence-electron chi connectivity index (χ4n) is 2.53. The van der Waals surface area contributed by atoms with Gasteiger partial charge in [-0.2, -0.15) is 4.99 Å². The lowest BCUT2D eigenvalue weighted by Gasteiger charge is -2.12. The fraction of sp³-hybridized carbons (Fsp3) is 0.167. The summed E-state index contributed by atoms with van der Waals surface area (Å²) in [6.45, 7) is 0. The normalized spacial score (nSPS) is 16.0. The van der Waals surface area contributed by atoms with Gasteiger partial charge in [0.25, 0.3) is 5.91 Å². The summed E-state index contributed by atoms with van der Waals surface area (Å²) >= 11 is 0. The van der Waals surface area contributed by atoms with Crippen LogP contribution in [0.5, 0.6) is 0 Å². The first-order chi connectivity index (χ1) is 12.0. The largest absolute Gasteiger partial charge is 0.384 e. The van der Waals surface area contributed by atoms with Crippen molar-refractivity contribution in [3.8, 4) is 0 Å². The van der Waals surface area contributed by atoms with Crippen molar-refractivity contribution in [2.75, 3.05) is 5.32 Å². The first kappa shape index (κ1) is 16.8. The highest BCUT2D eigenvalue weighted by molar-refractivity contribution is 6.04. The lowest BCUT2D eigenvalue weighted by molar-refractivity contribution is -0.120. The molecule has 1 aliphatic carbocycles. The van der Waals surface area contributed by atoms with Crippen molar-refractivity contribution in [1.82, 2.24) is 4.98 Å². The molecule has 1 amide bonds. The van der Waals surface area contributed by atoms with Crippen LogP contribution in [0.25, 0.3) is 0 Å². The summed E-state index contributed by atoms with van der Waals surface area (Å²) in [6, 6.07) is 8.90. The number of hydrogen-bond acceptors (Lipinski definition) is 3. The first-order valence-corrected chi connectivity index (χ1v) is 7.70. The molecule has 128 valence electrons. The number of nitrogens with one attached hydrogen (secondary N) is 1. The Morgan fingerprint density at radius 1 is 1.20 bits per heavy atom. The highest BCUT2D eigenvalue weighted by atomic mass is 19.1. The number of aromatic nitrogens is 1. The predicted octanol–water partition coefficient (Wildman–Crippen LogP) is 2.90. The molecule has 1 saturated carbocycles. The summed E-state index contributed by atoms with van der Waals surface area (Å²) in [4.78, 5) is 20.1. The van der Waals surface area contributed by atoms with Gasteiger partial charge in [0, 0.05) is 18.0 Å². The highest BCUT2D eigenvalue weighted by Crippen LogP contribution is 2.50. The molecule has 0 saturated heterocycles. The smallest absolute Gasteiger partial charge is 0.258 e. The second-order valence-electron chi connectivity index (χ2n) is 5.72. The van der Waals surface area contributed by atoms with Gasteiger partial charge in [-0.25, -0.2) is 13.8 Å². The predicted molar refractivity (Wildman–Crippen MR) is 90.9 cm³/mol. The summed E-state index contributed by atoms with van der Waals surface area (Å²) in [5.74, 6) is -1.46. The number of benzene rings is 1. The number of amidine groups is 1. The molecule has 1 aliphatic rings. The third kappa shape index (κ3) is 3.55. The number of anilines is 1. The Morgan fingerprint density at radius 3 is 2.60 bits per heavy atom. The van der Waals surface area contributed by atoms with Crippen molar-refractivity contribution in [2.24, 2.45) is 10.7 Å². The molecule has 0 unspecified atom stereocenters. The molecule has 3 N–H and O–H groups in total. The summed E-state index contributed by atoms with van der Waals surface area (Å²) < 4.78 is 27.4.